The van der Waals surface area contributed by atoms with Crippen molar-refractivity contribution in [2.45, 2.75) is 58.5 Å². The molecule has 1 atom stereocenters. The summed E-state index contributed by atoms with van der Waals surface area (Å²) in [6.07, 6.45) is 3.78. The van der Waals surface area contributed by atoms with E-state index in [9.17, 15) is 9.90 Å². The van der Waals surface area contributed by atoms with Gasteiger partial charge in [0.1, 0.15) is 5.75 Å². The molecule has 0 heterocycles. The van der Waals surface area contributed by atoms with Crippen molar-refractivity contribution in [2.24, 2.45) is 5.73 Å². The Kier molecular flexibility index (Phi) is 7.23. The van der Waals surface area contributed by atoms with Crippen LogP contribution in [0, 0.1) is 0 Å². The van der Waals surface area contributed by atoms with Gasteiger partial charge in [-0.3, -0.25) is 4.79 Å². The highest BCUT2D eigenvalue weighted by Crippen LogP contribution is 2.13. The number of amides is 1. The van der Waals surface area contributed by atoms with Gasteiger partial charge in [0.2, 0.25) is 5.91 Å². The van der Waals surface area contributed by atoms with Crippen LogP contribution in [0.25, 0.3) is 0 Å². The van der Waals surface area contributed by atoms with E-state index < -0.39 is 6.04 Å². The van der Waals surface area contributed by atoms with Gasteiger partial charge in [0.05, 0.1) is 6.04 Å². The van der Waals surface area contributed by atoms with Gasteiger partial charge in [-0.1, -0.05) is 31.9 Å². The average Bonchev–Trinajstić information content (AvgIpc) is 2.45. The molecular weight excluding hydrogens is 264 g/mol. The first kappa shape index (κ1) is 17.5. The van der Waals surface area contributed by atoms with E-state index in [4.69, 9.17) is 5.73 Å². The quantitative estimate of drug-likeness (QED) is 0.724. The summed E-state index contributed by atoms with van der Waals surface area (Å²) in [6.45, 7) is 6.97. The summed E-state index contributed by atoms with van der Waals surface area (Å²) in [5, 5.41) is 9.28. The monoisotopic (exact) mass is 292 g/mol. The first-order chi connectivity index (χ1) is 9.95. The zero-order valence-corrected chi connectivity index (χ0v) is 13.4. The first-order valence-corrected chi connectivity index (χ1v) is 7.79. The fraction of sp³-hybridized carbons (Fsp3) is 0.588. The van der Waals surface area contributed by atoms with Crippen LogP contribution in [-0.4, -0.2) is 34.5 Å². The highest BCUT2D eigenvalue weighted by atomic mass is 16.3. The lowest BCUT2D eigenvalue weighted by Gasteiger charge is -2.29. The average molecular weight is 292 g/mol. The molecule has 3 N–H and O–H groups in total. The van der Waals surface area contributed by atoms with Crippen LogP contribution in [0.1, 0.15) is 45.6 Å². The Morgan fingerprint density at radius 2 is 1.86 bits per heavy atom. The number of aromatic hydroxyl groups is 1. The maximum absolute atomic E-state index is 12.5. The van der Waals surface area contributed by atoms with Crippen LogP contribution in [0.15, 0.2) is 24.3 Å². The number of hydrogen-bond donors (Lipinski definition) is 2. The minimum atomic E-state index is -0.529. The molecule has 0 radical (unpaired) electrons. The maximum Gasteiger partial charge on any atom is 0.240 e. The number of hydrogen-bond acceptors (Lipinski definition) is 3. The van der Waals surface area contributed by atoms with Crippen LogP contribution in [0.3, 0.4) is 0 Å². The predicted molar refractivity (Wildman–Crippen MR) is 86.2 cm³/mol. The molecule has 0 aliphatic carbocycles. The molecule has 118 valence electrons. The van der Waals surface area contributed by atoms with Gasteiger partial charge in [0, 0.05) is 12.6 Å². The molecule has 0 unspecified atom stereocenters. The van der Waals surface area contributed by atoms with E-state index in [-0.39, 0.29) is 17.7 Å². The van der Waals surface area contributed by atoms with Crippen LogP contribution in [0.5, 0.6) is 5.75 Å². The minimum absolute atomic E-state index is 0.00850. The second-order valence-electron chi connectivity index (χ2n) is 5.81. The molecule has 1 amide bonds. The molecule has 4 heteroatoms. The summed E-state index contributed by atoms with van der Waals surface area (Å²) >= 11 is 0. The van der Waals surface area contributed by atoms with Gasteiger partial charge in [-0.2, -0.15) is 0 Å². The van der Waals surface area contributed by atoms with Crippen LogP contribution in [0.4, 0.5) is 0 Å². The highest BCUT2D eigenvalue weighted by Gasteiger charge is 2.23. The van der Waals surface area contributed by atoms with E-state index in [2.05, 4.69) is 6.92 Å². The van der Waals surface area contributed by atoms with E-state index in [1.54, 1.807) is 24.3 Å². The zero-order valence-electron chi connectivity index (χ0n) is 13.4. The fourth-order valence-corrected chi connectivity index (χ4v) is 2.34. The molecule has 0 aliphatic rings. The number of phenols is 1. The van der Waals surface area contributed by atoms with Crippen molar-refractivity contribution >= 4 is 5.91 Å². The first-order valence-electron chi connectivity index (χ1n) is 7.79. The molecule has 0 bridgehead atoms. The van der Waals surface area contributed by atoms with Gasteiger partial charge in [-0.15, -0.1) is 0 Å². The zero-order chi connectivity index (χ0) is 15.8. The SMILES string of the molecule is CCCCCN(C(=O)[C@@H](N)Cc1ccc(O)cc1)C(C)C. The van der Waals surface area contributed by atoms with Gasteiger partial charge >= 0.3 is 0 Å². The Balaban J connectivity index is 2.62. The number of benzene rings is 1. The molecule has 4 nitrogen and oxygen atoms in total. The second-order valence-corrected chi connectivity index (χ2v) is 5.81. The van der Waals surface area contributed by atoms with E-state index in [0.717, 1.165) is 31.4 Å². The normalized spacial score (nSPS) is 12.4. The molecule has 0 aromatic heterocycles. The Morgan fingerprint density at radius 1 is 1.24 bits per heavy atom. The molecule has 1 aromatic carbocycles. The van der Waals surface area contributed by atoms with Crippen molar-refractivity contribution in [3.63, 3.8) is 0 Å². The topological polar surface area (TPSA) is 66.6 Å². The van der Waals surface area contributed by atoms with Crippen molar-refractivity contribution in [1.29, 1.82) is 0 Å². The van der Waals surface area contributed by atoms with E-state index in [1.165, 1.54) is 0 Å². The molecule has 0 saturated carbocycles. The Labute approximate surface area is 128 Å². The summed E-state index contributed by atoms with van der Waals surface area (Å²) in [4.78, 5) is 14.4. The third kappa shape index (κ3) is 5.76. The number of rotatable bonds is 8. The lowest BCUT2D eigenvalue weighted by atomic mass is 10.0. The van der Waals surface area contributed by atoms with Crippen LogP contribution < -0.4 is 5.73 Å². The van der Waals surface area contributed by atoms with Gasteiger partial charge in [-0.25, -0.2) is 0 Å². The van der Waals surface area contributed by atoms with E-state index in [1.807, 2.05) is 18.7 Å². The lowest BCUT2D eigenvalue weighted by molar-refractivity contribution is -0.134. The van der Waals surface area contributed by atoms with Gasteiger partial charge < -0.3 is 15.7 Å². The standard InChI is InChI=1S/C17H28N2O2/c1-4-5-6-11-19(13(2)3)17(21)16(18)12-14-7-9-15(20)10-8-14/h7-10,13,16,20H,4-6,11-12,18H2,1-3H3/t16-/m0/s1. The molecule has 0 aliphatic heterocycles. The van der Waals surface area contributed by atoms with Crippen molar-refractivity contribution in [2.75, 3.05) is 6.54 Å². The lowest BCUT2D eigenvalue weighted by Crippen LogP contribution is -2.48. The minimum Gasteiger partial charge on any atom is -0.508 e. The number of carbonyl (C=O) groups is 1. The second kappa shape index (κ2) is 8.67. The number of phenolic OH excluding ortho intramolecular Hbond substituents is 1. The van der Waals surface area contributed by atoms with Crippen molar-refractivity contribution in [3.05, 3.63) is 29.8 Å². The van der Waals surface area contributed by atoms with Gasteiger partial charge in [0.15, 0.2) is 0 Å². The number of carbonyl (C=O) groups excluding carboxylic acids is 1. The van der Waals surface area contributed by atoms with Crippen LogP contribution in [-0.2, 0) is 11.2 Å². The summed E-state index contributed by atoms with van der Waals surface area (Å²) in [7, 11) is 0. The Hall–Kier alpha value is -1.55. The summed E-state index contributed by atoms with van der Waals surface area (Å²) in [6, 6.07) is 6.49. The highest BCUT2D eigenvalue weighted by molar-refractivity contribution is 5.82. The molecule has 0 saturated heterocycles. The summed E-state index contributed by atoms with van der Waals surface area (Å²) in [5.41, 5.74) is 7.04. The molecule has 0 spiro atoms. The summed E-state index contributed by atoms with van der Waals surface area (Å²) in [5.74, 6) is 0.233. The van der Waals surface area contributed by atoms with Crippen LogP contribution >= 0.6 is 0 Å². The Morgan fingerprint density at radius 3 is 2.38 bits per heavy atom. The Bertz CT molecular complexity index is 429. The number of nitrogens with two attached hydrogens (primary N) is 1. The maximum atomic E-state index is 12.5. The fourth-order valence-electron chi connectivity index (χ4n) is 2.34. The van der Waals surface area contributed by atoms with E-state index in [0.29, 0.717) is 6.42 Å². The van der Waals surface area contributed by atoms with Gasteiger partial charge in [0.25, 0.3) is 0 Å². The molecular formula is C17H28N2O2. The molecule has 21 heavy (non-hydrogen) atoms. The van der Waals surface area contributed by atoms with E-state index >= 15 is 0 Å². The van der Waals surface area contributed by atoms with Crippen LogP contribution in [0.2, 0.25) is 0 Å². The van der Waals surface area contributed by atoms with Crippen molar-refractivity contribution < 1.29 is 9.90 Å². The molecule has 0 fully saturated rings. The van der Waals surface area contributed by atoms with Gasteiger partial charge in [-0.05, 0) is 44.4 Å². The van der Waals surface area contributed by atoms with Crippen molar-refractivity contribution in [1.82, 2.24) is 4.90 Å². The molecule has 1 rings (SSSR count). The predicted octanol–water partition coefficient (Wildman–Crippen LogP) is 2.69. The molecule has 1 aromatic rings. The largest absolute Gasteiger partial charge is 0.508 e. The summed E-state index contributed by atoms with van der Waals surface area (Å²) < 4.78 is 0. The third-order valence-corrected chi connectivity index (χ3v) is 3.62. The number of unbranched alkanes of at least 4 members (excludes halogenated alkanes) is 2. The third-order valence-electron chi connectivity index (χ3n) is 3.62. The number of nitrogens with zero attached hydrogens (tertiary/aromatic N) is 1. The van der Waals surface area contributed by atoms with Crippen molar-refractivity contribution in [3.8, 4) is 5.75 Å². The smallest absolute Gasteiger partial charge is 0.240 e.